The van der Waals surface area contributed by atoms with E-state index in [0.717, 1.165) is 12.0 Å². The van der Waals surface area contributed by atoms with E-state index in [2.05, 4.69) is 27.7 Å². The van der Waals surface area contributed by atoms with Gasteiger partial charge in [-0.1, -0.05) is 32.9 Å². The highest BCUT2D eigenvalue weighted by Crippen LogP contribution is 2.54. The third-order valence-electron chi connectivity index (χ3n) is 4.90. The molecular weight excluding hydrogens is 260 g/mol. The van der Waals surface area contributed by atoms with E-state index in [1.165, 1.54) is 16.7 Å². The Balaban J connectivity index is 2.26. The Morgan fingerprint density at radius 1 is 0.905 bits per heavy atom. The Labute approximate surface area is 126 Å². The van der Waals surface area contributed by atoms with Gasteiger partial charge in [-0.3, -0.25) is 0 Å². The second kappa shape index (κ2) is 4.27. The van der Waals surface area contributed by atoms with Crippen molar-refractivity contribution in [1.29, 1.82) is 0 Å². The third-order valence-corrected chi connectivity index (χ3v) is 4.90. The predicted octanol–water partition coefficient (Wildman–Crippen LogP) is 4.39. The van der Waals surface area contributed by atoms with Crippen LogP contribution in [0.1, 0.15) is 49.4 Å². The van der Waals surface area contributed by atoms with E-state index in [1.54, 1.807) is 12.1 Å². The first kappa shape index (κ1) is 14.0. The summed E-state index contributed by atoms with van der Waals surface area (Å²) in [6.45, 7) is 8.79. The van der Waals surface area contributed by atoms with Gasteiger partial charge in [-0.2, -0.15) is 0 Å². The van der Waals surface area contributed by atoms with E-state index in [0.29, 0.717) is 11.5 Å². The maximum absolute atomic E-state index is 9.95. The van der Waals surface area contributed by atoms with Crippen LogP contribution in [0.2, 0.25) is 0 Å². The number of benzene rings is 2. The molecule has 2 N–H and O–H groups in total. The summed E-state index contributed by atoms with van der Waals surface area (Å²) >= 11 is 0. The second-order valence-electron chi connectivity index (χ2n) is 7.12. The van der Waals surface area contributed by atoms with Gasteiger partial charge in [-0.05, 0) is 65.3 Å². The molecule has 1 aliphatic rings. The first-order valence-electron chi connectivity index (χ1n) is 7.38. The number of rotatable bonds is 1. The SMILES string of the molecule is Cc1cc(O)cc2c1C(C)(c1ccc(O)cc1)CC2(C)C. The minimum atomic E-state index is -0.0929. The largest absolute Gasteiger partial charge is 0.508 e. The van der Waals surface area contributed by atoms with Crippen LogP contribution in [0.4, 0.5) is 0 Å². The van der Waals surface area contributed by atoms with Gasteiger partial charge in [-0.25, -0.2) is 0 Å². The van der Waals surface area contributed by atoms with Gasteiger partial charge in [0.1, 0.15) is 11.5 Å². The molecule has 0 spiro atoms. The van der Waals surface area contributed by atoms with Gasteiger partial charge in [0.25, 0.3) is 0 Å². The standard InChI is InChI=1S/C19H22O2/c1-12-9-15(21)10-16-17(12)19(4,11-18(16,2)3)13-5-7-14(20)8-6-13/h5-10,20-21H,11H2,1-4H3. The van der Waals surface area contributed by atoms with Crippen molar-refractivity contribution in [3.05, 3.63) is 58.7 Å². The van der Waals surface area contributed by atoms with E-state index >= 15 is 0 Å². The molecule has 21 heavy (non-hydrogen) atoms. The number of aromatic hydroxyl groups is 2. The summed E-state index contributed by atoms with van der Waals surface area (Å²) in [5.74, 6) is 0.636. The average molecular weight is 282 g/mol. The van der Waals surface area contributed by atoms with Crippen LogP contribution in [0.3, 0.4) is 0 Å². The molecule has 0 aliphatic heterocycles. The summed E-state index contributed by atoms with van der Waals surface area (Å²) in [5, 5.41) is 19.5. The molecule has 2 aromatic carbocycles. The van der Waals surface area contributed by atoms with E-state index in [9.17, 15) is 10.2 Å². The van der Waals surface area contributed by atoms with Crippen LogP contribution in [0, 0.1) is 6.92 Å². The molecule has 1 unspecified atom stereocenters. The molecule has 1 atom stereocenters. The summed E-state index contributed by atoms with van der Waals surface area (Å²) in [7, 11) is 0. The zero-order valence-electron chi connectivity index (χ0n) is 13.1. The maximum Gasteiger partial charge on any atom is 0.116 e. The van der Waals surface area contributed by atoms with E-state index in [-0.39, 0.29) is 10.8 Å². The quantitative estimate of drug-likeness (QED) is 0.814. The molecule has 0 saturated carbocycles. The maximum atomic E-state index is 9.95. The van der Waals surface area contributed by atoms with Crippen molar-refractivity contribution in [3.8, 4) is 11.5 Å². The van der Waals surface area contributed by atoms with E-state index in [1.807, 2.05) is 24.3 Å². The number of hydrogen-bond acceptors (Lipinski definition) is 2. The third kappa shape index (κ3) is 2.01. The second-order valence-corrected chi connectivity index (χ2v) is 7.12. The first-order valence-corrected chi connectivity index (χ1v) is 7.38. The van der Waals surface area contributed by atoms with Crippen molar-refractivity contribution in [2.24, 2.45) is 0 Å². The van der Waals surface area contributed by atoms with Crippen molar-refractivity contribution in [2.45, 2.75) is 44.9 Å². The molecule has 1 aliphatic carbocycles. The fourth-order valence-corrected chi connectivity index (χ4v) is 4.18. The summed E-state index contributed by atoms with van der Waals surface area (Å²) in [6, 6.07) is 11.3. The lowest BCUT2D eigenvalue weighted by Crippen LogP contribution is -2.23. The van der Waals surface area contributed by atoms with Gasteiger partial charge in [0.15, 0.2) is 0 Å². The molecule has 2 nitrogen and oxygen atoms in total. The normalized spacial score (nSPS) is 23.0. The summed E-state index contributed by atoms with van der Waals surface area (Å²) in [5.41, 5.74) is 4.81. The number of phenols is 2. The minimum absolute atomic E-state index is 0.0193. The van der Waals surface area contributed by atoms with Crippen LogP contribution in [0.25, 0.3) is 0 Å². The van der Waals surface area contributed by atoms with Gasteiger partial charge in [0.05, 0.1) is 0 Å². The molecule has 2 aromatic rings. The molecule has 0 fully saturated rings. The lowest BCUT2D eigenvalue weighted by molar-refractivity contribution is 0.422. The molecule has 3 rings (SSSR count). The highest BCUT2D eigenvalue weighted by atomic mass is 16.3. The molecular formula is C19H22O2. The van der Waals surface area contributed by atoms with Crippen molar-refractivity contribution < 1.29 is 10.2 Å². The highest BCUT2D eigenvalue weighted by molar-refractivity contribution is 5.57. The molecule has 0 amide bonds. The minimum Gasteiger partial charge on any atom is -0.508 e. The topological polar surface area (TPSA) is 40.5 Å². The molecule has 2 heteroatoms. The molecule has 110 valence electrons. The Bertz CT molecular complexity index is 698. The predicted molar refractivity (Wildman–Crippen MR) is 85.0 cm³/mol. The number of phenolic OH excluding ortho intramolecular Hbond substituents is 2. The van der Waals surface area contributed by atoms with Crippen molar-refractivity contribution in [1.82, 2.24) is 0 Å². The molecule has 0 bridgehead atoms. The van der Waals surface area contributed by atoms with Crippen molar-refractivity contribution in [3.63, 3.8) is 0 Å². The van der Waals surface area contributed by atoms with E-state index < -0.39 is 0 Å². The van der Waals surface area contributed by atoms with Crippen LogP contribution in [0.15, 0.2) is 36.4 Å². The molecule has 0 heterocycles. The molecule has 0 aromatic heterocycles. The fourth-order valence-electron chi connectivity index (χ4n) is 4.18. The average Bonchev–Trinajstić information content (AvgIpc) is 2.58. The van der Waals surface area contributed by atoms with Crippen LogP contribution >= 0.6 is 0 Å². The van der Waals surface area contributed by atoms with Crippen LogP contribution < -0.4 is 0 Å². The lowest BCUT2D eigenvalue weighted by atomic mass is 9.74. The zero-order chi connectivity index (χ0) is 15.4. The Morgan fingerprint density at radius 3 is 2.14 bits per heavy atom. The van der Waals surface area contributed by atoms with Crippen LogP contribution in [-0.2, 0) is 10.8 Å². The van der Waals surface area contributed by atoms with E-state index in [4.69, 9.17) is 0 Å². The number of aryl methyl sites for hydroxylation is 1. The monoisotopic (exact) mass is 282 g/mol. The molecule has 0 saturated heterocycles. The lowest BCUT2D eigenvalue weighted by Gasteiger charge is -2.29. The summed E-state index contributed by atoms with van der Waals surface area (Å²) in [6.07, 6.45) is 0.990. The smallest absolute Gasteiger partial charge is 0.116 e. The Hall–Kier alpha value is -1.96. The van der Waals surface area contributed by atoms with Crippen molar-refractivity contribution in [2.75, 3.05) is 0 Å². The Morgan fingerprint density at radius 2 is 1.52 bits per heavy atom. The van der Waals surface area contributed by atoms with Gasteiger partial charge in [0, 0.05) is 5.41 Å². The Kier molecular flexibility index (Phi) is 2.84. The number of fused-ring (bicyclic) bond motifs is 1. The van der Waals surface area contributed by atoms with Gasteiger partial charge in [0.2, 0.25) is 0 Å². The highest BCUT2D eigenvalue weighted by Gasteiger charge is 2.46. The first-order chi connectivity index (χ1) is 9.74. The zero-order valence-corrected chi connectivity index (χ0v) is 13.1. The summed E-state index contributed by atoms with van der Waals surface area (Å²) in [4.78, 5) is 0. The van der Waals surface area contributed by atoms with Crippen LogP contribution in [0.5, 0.6) is 11.5 Å². The van der Waals surface area contributed by atoms with Gasteiger partial charge < -0.3 is 10.2 Å². The summed E-state index contributed by atoms with van der Waals surface area (Å²) < 4.78 is 0. The number of hydrogen-bond donors (Lipinski definition) is 2. The van der Waals surface area contributed by atoms with Gasteiger partial charge in [-0.15, -0.1) is 0 Å². The van der Waals surface area contributed by atoms with Crippen molar-refractivity contribution >= 4 is 0 Å². The van der Waals surface area contributed by atoms with Crippen LogP contribution in [-0.4, -0.2) is 10.2 Å². The molecule has 0 radical (unpaired) electrons. The van der Waals surface area contributed by atoms with Gasteiger partial charge >= 0.3 is 0 Å². The fraction of sp³-hybridized carbons (Fsp3) is 0.368.